The molecule has 110 valence electrons. The number of halogens is 2. The smallest absolute Gasteiger partial charge is 0.331 e. The van der Waals surface area contributed by atoms with Crippen molar-refractivity contribution in [1.29, 1.82) is 0 Å². The average molecular weight is 398 g/mol. The summed E-state index contributed by atoms with van der Waals surface area (Å²) in [4.78, 5) is 12.0. The molecule has 1 saturated heterocycles. The topological polar surface area (TPSA) is 42.9 Å². The monoisotopic (exact) mass is 396 g/mol. The van der Waals surface area contributed by atoms with E-state index in [4.69, 9.17) is 4.74 Å². The minimum Gasteiger partial charge on any atom is -0.457 e. The van der Waals surface area contributed by atoms with E-state index in [1.54, 1.807) is 0 Å². The molecule has 0 radical (unpaired) electrons. The van der Waals surface area contributed by atoms with E-state index in [-0.39, 0.29) is 11.6 Å². The molecule has 2 N–H and O–H groups in total. The molecule has 0 spiro atoms. The molecule has 0 bridgehead atoms. The lowest BCUT2D eigenvalue weighted by molar-refractivity contribution is -0.666. The molecule has 0 amide bonds. The maximum Gasteiger partial charge on any atom is 0.331 e. The molecule has 2 aliphatic rings. The van der Waals surface area contributed by atoms with Gasteiger partial charge in [0, 0.05) is 18.8 Å². The molecule has 1 unspecified atom stereocenters. The van der Waals surface area contributed by atoms with Crippen LogP contribution >= 0.6 is 31.9 Å². The number of ether oxygens (including phenoxy) is 1. The fourth-order valence-corrected chi connectivity index (χ4v) is 3.95. The average Bonchev–Trinajstić information content (AvgIpc) is 2.94. The van der Waals surface area contributed by atoms with E-state index in [2.05, 4.69) is 44.1 Å². The molecule has 5 heteroatoms. The Morgan fingerprint density at radius 1 is 1.16 bits per heavy atom. The molecule has 2 rings (SSSR count). The number of alkyl halides is 2. The normalized spacial score (nSPS) is 25.5. The van der Waals surface area contributed by atoms with Crippen LogP contribution in [0.1, 0.15) is 45.4 Å². The highest BCUT2D eigenvalue weighted by molar-refractivity contribution is 9.25. The number of piperidine rings is 1. The Morgan fingerprint density at radius 2 is 1.68 bits per heavy atom. The highest BCUT2D eigenvalue weighted by Crippen LogP contribution is 2.43. The van der Waals surface area contributed by atoms with Crippen molar-refractivity contribution < 1.29 is 14.8 Å². The minimum absolute atomic E-state index is 0.177. The number of quaternary nitrogens is 1. The van der Waals surface area contributed by atoms with Gasteiger partial charge in [-0.3, -0.25) is 0 Å². The van der Waals surface area contributed by atoms with Crippen LogP contribution in [0.2, 0.25) is 0 Å². The number of carbonyl (C=O) groups excluding carboxylic acids is 1. The number of carbonyl (C=O) groups is 1. The van der Waals surface area contributed by atoms with Crippen molar-refractivity contribution in [2.24, 2.45) is 11.8 Å². The van der Waals surface area contributed by atoms with Gasteiger partial charge in [-0.2, -0.15) is 0 Å². The van der Waals surface area contributed by atoms with Crippen molar-refractivity contribution in [3.63, 3.8) is 0 Å². The SMILES string of the molecule is CC(OC(=O)C(Br)Br)(C1CCCC1)C1CC[NH2+]CC1. The molecule has 1 atom stereocenters. The second-order valence-electron chi connectivity index (χ2n) is 6.03. The second kappa shape index (κ2) is 6.90. The van der Waals surface area contributed by atoms with E-state index in [1.165, 1.54) is 25.7 Å². The first kappa shape index (κ1) is 15.8. The Labute approximate surface area is 132 Å². The maximum absolute atomic E-state index is 12.0. The Balaban J connectivity index is 2.13. The first-order chi connectivity index (χ1) is 9.04. The molecule has 0 aromatic carbocycles. The summed E-state index contributed by atoms with van der Waals surface area (Å²) in [5.74, 6) is 0.880. The quantitative estimate of drug-likeness (QED) is 0.585. The summed E-state index contributed by atoms with van der Waals surface area (Å²) in [5, 5.41) is 2.37. The van der Waals surface area contributed by atoms with Gasteiger partial charge >= 0.3 is 5.97 Å². The third kappa shape index (κ3) is 3.73. The van der Waals surface area contributed by atoms with E-state index in [0.29, 0.717) is 11.8 Å². The molecule has 2 fully saturated rings. The van der Waals surface area contributed by atoms with Crippen LogP contribution in [0.5, 0.6) is 0 Å². The maximum atomic E-state index is 12.0. The molecule has 1 aliphatic heterocycles. The fourth-order valence-electron chi connectivity index (χ4n) is 3.76. The zero-order valence-electron chi connectivity index (χ0n) is 11.5. The predicted octanol–water partition coefficient (Wildman–Crippen LogP) is 2.57. The van der Waals surface area contributed by atoms with Crippen LogP contribution in [0.4, 0.5) is 0 Å². The molecule has 1 heterocycles. The van der Waals surface area contributed by atoms with Crippen LogP contribution in [0.15, 0.2) is 0 Å². The van der Waals surface area contributed by atoms with E-state index >= 15 is 0 Å². The van der Waals surface area contributed by atoms with Crippen molar-refractivity contribution >= 4 is 37.8 Å². The summed E-state index contributed by atoms with van der Waals surface area (Å²) in [6.07, 6.45) is 7.30. The Kier molecular flexibility index (Phi) is 5.73. The Bertz CT molecular complexity index is 313. The van der Waals surface area contributed by atoms with Crippen LogP contribution in [-0.2, 0) is 9.53 Å². The van der Waals surface area contributed by atoms with Gasteiger partial charge in [-0.1, -0.05) is 44.7 Å². The lowest BCUT2D eigenvalue weighted by Crippen LogP contribution is -2.87. The molecule has 19 heavy (non-hydrogen) atoms. The van der Waals surface area contributed by atoms with Gasteiger partial charge < -0.3 is 10.1 Å². The Hall–Kier alpha value is 0.390. The first-order valence-electron chi connectivity index (χ1n) is 7.36. The van der Waals surface area contributed by atoms with E-state index in [9.17, 15) is 4.79 Å². The highest BCUT2D eigenvalue weighted by Gasteiger charge is 2.46. The molecule has 0 aromatic heterocycles. The summed E-state index contributed by atoms with van der Waals surface area (Å²) >= 11 is 6.52. The van der Waals surface area contributed by atoms with Crippen molar-refractivity contribution in [2.75, 3.05) is 13.1 Å². The zero-order valence-corrected chi connectivity index (χ0v) is 14.7. The Morgan fingerprint density at radius 3 is 2.21 bits per heavy atom. The van der Waals surface area contributed by atoms with E-state index in [1.807, 2.05) is 0 Å². The lowest BCUT2D eigenvalue weighted by atomic mass is 9.73. The third-order valence-corrected chi connectivity index (χ3v) is 5.66. The van der Waals surface area contributed by atoms with Gasteiger partial charge in [0.25, 0.3) is 0 Å². The fraction of sp³-hybridized carbons (Fsp3) is 0.929. The first-order valence-corrected chi connectivity index (χ1v) is 9.20. The summed E-state index contributed by atoms with van der Waals surface area (Å²) < 4.78 is 5.58. The van der Waals surface area contributed by atoms with Crippen molar-refractivity contribution in [1.82, 2.24) is 0 Å². The number of rotatable bonds is 4. The van der Waals surface area contributed by atoms with Crippen molar-refractivity contribution in [3.8, 4) is 0 Å². The van der Waals surface area contributed by atoms with Gasteiger partial charge in [0.2, 0.25) is 0 Å². The standard InChI is InChI=1S/C14H23Br2NO2/c1-14(10-4-2-3-5-10,19-13(18)12(15)16)11-6-8-17-9-7-11/h10-12,17H,2-9H2,1H3/p+1. The molecular formula is C14H24Br2NO2+. The van der Waals surface area contributed by atoms with E-state index in [0.717, 1.165) is 25.9 Å². The zero-order chi connectivity index (χ0) is 13.9. The van der Waals surface area contributed by atoms with Gasteiger partial charge in [0.05, 0.1) is 13.1 Å². The summed E-state index contributed by atoms with van der Waals surface area (Å²) in [6, 6.07) is 0. The van der Waals surface area contributed by atoms with Crippen LogP contribution in [0, 0.1) is 11.8 Å². The van der Waals surface area contributed by atoms with Gasteiger partial charge in [-0.25, -0.2) is 4.79 Å². The third-order valence-electron chi connectivity index (χ3n) is 4.91. The molecule has 1 aliphatic carbocycles. The minimum atomic E-state index is -0.393. The van der Waals surface area contributed by atoms with E-state index < -0.39 is 3.74 Å². The van der Waals surface area contributed by atoms with Gasteiger partial charge in [0.1, 0.15) is 5.60 Å². The highest BCUT2D eigenvalue weighted by atomic mass is 79.9. The van der Waals surface area contributed by atoms with Crippen LogP contribution in [0.25, 0.3) is 0 Å². The number of nitrogens with two attached hydrogens (primary N) is 1. The van der Waals surface area contributed by atoms with Crippen LogP contribution < -0.4 is 5.32 Å². The summed E-state index contributed by atoms with van der Waals surface area (Å²) in [7, 11) is 0. The summed E-state index contributed by atoms with van der Waals surface area (Å²) in [5.41, 5.74) is -0.276. The number of esters is 1. The van der Waals surface area contributed by atoms with Crippen LogP contribution in [-0.4, -0.2) is 28.4 Å². The molecule has 3 nitrogen and oxygen atoms in total. The molecular weight excluding hydrogens is 374 g/mol. The molecule has 1 saturated carbocycles. The van der Waals surface area contributed by atoms with Crippen molar-refractivity contribution in [3.05, 3.63) is 0 Å². The largest absolute Gasteiger partial charge is 0.457 e. The van der Waals surface area contributed by atoms with Gasteiger partial charge in [-0.15, -0.1) is 0 Å². The summed E-state index contributed by atoms with van der Waals surface area (Å²) in [6.45, 7) is 4.51. The predicted molar refractivity (Wildman–Crippen MR) is 82.5 cm³/mol. The number of hydrogen-bond donors (Lipinski definition) is 1. The number of hydrogen-bond acceptors (Lipinski definition) is 2. The van der Waals surface area contributed by atoms with Crippen molar-refractivity contribution in [2.45, 2.75) is 54.8 Å². The lowest BCUT2D eigenvalue weighted by Gasteiger charge is -2.43. The molecule has 0 aromatic rings. The van der Waals surface area contributed by atoms with Gasteiger partial charge in [-0.05, 0) is 25.7 Å². The second-order valence-corrected chi connectivity index (χ2v) is 9.09. The van der Waals surface area contributed by atoms with Gasteiger partial charge in [0.15, 0.2) is 3.74 Å². The van der Waals surface area contributed by atoms with Crippen LogP contribution in [0.3, 0.4) is 0 Å².